The summed E-state index contributed by atoms with van der Waals surface area (Å²) >= 11 is 2.06. The number of amidine groups is 1. The van der Waals surface area contributed by atoms with Gasteiger partial charge in [0.1, 0.15) is 5.84 Å². The molecule has 0 aliphatic carbocycles. The molecule has 2 N–H and O–H groups in total. The number of aliphatic imine (C=N–C) groups is 1. The Bertz CT molecular complexity index is 1150. The van der Waals surface area contributed by atoms with E-state index in [2.05, 4.69) is 40.2 Å². The molecule has 2 aromatic rings. The first-order valence-corrected chi connectivity index (χ1v) is 13.7. The second kappa shape index (κ2) is 10.6. The van der Waals surface area contributed by atoms with E-state index in [1.807, 2.05) is 41.3 Å². The highest BCUT2D eigenvalue weighted by Gasteiger charge is 2.21. The second-order valence-corrected chi connectivity index (χ2v) is 10.6. The molecule has 0 aromatic heterocycles. The lowest BCUT2D eigenvalue weighted by atomic mass is 10.0. The predicted molar refractivity (Wildman–Crippen MR) is 141 cm³/mol. The van der Waals surface area contributed by atoms with Crippen LogP contribution in [0, 0.1) is 4.78 Å². The zero-order chi connectivity index (χ0) is 23.3. The molecule has 1 unspecified atom stereocenters. The van der Waals surface area contributed by atoms with Crippen molar-refractivity contribution in [3.63, 3.8) is 0 Å². The van der Waals surface area contributed by atoms with Crippen LogP contribution in [0.4, 0.5) is 5.69 Å². The molecule has 0 bridgehead atoms. The van der Waals surface area contributed by atoms with Crippen molar-refractivity contribution in [2.75, 3.05) is 19.3 Å². The normalized spacial score (nSPS) is 15.0. The second-order valence-electron chi connectivity index (χ2n) is 7.93. The molecule has 8 heteroatoms. The Morgan fingerprint density at radius 2 is 1.75 bits per heavy atom. The number of carbonyl (C=O) groups is 1. The van der Waals surface area contributed by atoms with Crippen molar-refractivity contribution in [3.05, 3.63) is 53.6 Å². The molecule has 6 nitrogen and oxygen atoms in total. The first-order chi connectivity index (χ1) is 15.3. The van der Waals surface area contributed by atoms with Crippen molar-refractivity contribution in [1.82, 2.24) is 8.43 Å². The Kier molecular flexibility index (Phi) is 8.10. The predicted octanol–water partition coefficient (Wildman–Crippen LogP) is 5.79. The van der Waals surface area contributed by atoms with Gasteiger partial charge in [-0.3, -0.25) is 4.79 Å². The van der Waals surface area contributed by atoms with Gasteiger partial charge in [-0.05, 0) is 48.2 Å². The lowest BCUT2D eigenvalue weighted by Gasteiger charge is -2.23. The van der Waals surface area contributed by atoms with Gasteiger partial charge in [0.15, 0.2) is 0 Å². The third-order valence-corrected chi connectivity index (χ3v) is 7.06. The van der Waals surface area contributed by atoms with E-state index in [0.717, 1.165) is 59.7 Å². The van der Waals surface area contributed by atoms with Crippen molar-refractivity contribution in [2.45, 2.75) is 38.0 Å². The molecule has 32 heavy (non-hydrogen) atoms. The average Bonchev–Trinajstić information content (AvgIpc) is 2.96. The van der Waals surface area contributed by atoms with Crippen LogP contribution in [0.1, 0.15) is 38.7 Å². The summed E-state index contributed by atoms with van der Waals surface area (Å²) in [6.07, 6.45) is 5.69. The Morgan fingerprint density at radius 3 is 2.31 bits per heavy atom. The van der Waals surface area contributed by atoms with Crippen molar-refractivity contribution < 1.29 is 9.00 Å². The van der Waals surface area contributed by atoms with Crippen LogP contribution in [0.5, 0.6) is 0 Å². The minimum atomic E-state index is -2.74. The number of carbonyl (C=O) groups excluding carboxylic acids is 1. The molecule has 1 amide bonds. The SMILES string of the molecule is CCCN(CCC)C(=O)C1=Cc2ccc(-c3ccc(S(C)(=N)=O)cc3)cc2N=C(NI)C1. The van der Waals surface area contributed by atoms with Gasteiger partial charge in [-0.15, -0.1) is 0 Å². The first kappa shape index (κ1) is 24.4. The minimum Gasteiger partial charge on any atom is -0.339 e. The summed E-state index contributed by atoms with van der Waals surface area (Å²) in [7, 11) is -2.74. The molecule has 0 saturated heterocycles. The smallest absolute Gasteiger partial charge is 0.250 e. The number of nitrogens with one attached hydrogen (secondary N) is 2. The Hall–Kier alpha value is -2.20. The van der Waals surface area contributed by atoms with Crippen LogP contribution in [0.25, 0.3) is 17.2 Å². The molecule has 1 aliphatic heterocycles. The van der Waals surface area contributed by atoms with E-state index in [-0.39, 0.29) is 5.91 Å². The molecule has 0 radical (unpaired) electrons. The van der Waals surface area contributed by atoms with Gasteiger partial charge in [0, 0.05) is 41.8 Å². The summed E-state index contributed by atoms with van der Waals surface area (Å²) in [5, 5.41) is 0. The van der Waals surface area contributed by atoms with E-state index >= 15 is 0 Å². The monoisotopic (exact) mass is 564 g/mol. The van der Waals surface area contributed by atoms with Gasteiger partial charge >= 0.3 is 0 Å². The number of hydrogen-bond acceptors (Lipinski definition) is 5. The Morgan fingerprint density at radius 1 is 1.12 bits per heavy atom. The van der Waals surface area contributed by atoms with E-state index in [1.54, 1.807) is 12.1 Å². The molecule has 1 atom stereocenters. The molecule has 0 saturated carbocycles. The van der Waals surface area contributed by atoms with Crippen LogP contribution in [-0.4, -0.2) is 40.2 Å². The van der Waals surface area contributed by atoms with E-state index in [1.165, 1.54) is 6.26 Å². The van der Waals surface area contributed by atoms with Gasteiger partial charge in [-0.2, -0.15) is 0 Å². The lowest BCUT2D eigenvalue weighted by molar-refractivity contribution is -0.127. The summed E-state index contributed by atoms with van der Waals surface area (Å²) < 4.78 is 22.8. The fourth-order valence-corrected chi connectivity index (χ4v) is 4.67. The van der Waals surface area contributed by atoms with Gasteiger partial charge < -0.3 is 8.43 Å². The molecular weight excluding hydrogens is 535 g/mol. The van der Waals surface area contributed by atoms with E-state index in [0.29, 0.717) is 11.3 Å². The highest BCUT2D eigenvalue weighted by atomic mass is 127. The molecule has 1 aliphatic rings. The highest BCUT2D eigenvalue weighted by molar-refractivity contribution is 14.1. The maximum atomic E-state index is 13.2. The van der Waals surface area contributed by atoms with Gasteiger partial charge in [-0.1, -0.05) is 38.1 Å². The van der Waals surface area contributed by atoms with Gasteiger partial charge in [0.2, 0.25) is 5.91 Å². The fraction of sp³-hybridized carbons (Fsp3) is 0.333. The minimum absolute atomic E-state index is 0.0686. The largest absolute Gasteiger partial charge is 0.339 e. The quantitative estimate of drug-likeness (QED) is 0.330. The number of hydrogen-bond donors (Lipinski definition) is 2. The maximum Gasteiger partial charge on any atom is 0.250 e. The van der Waals surface area contributed by atoms with Crippen molar-refractivity contribution in [1.29, 1.82) is 4.78 Å². The first-order valence-electron chi connectivity index (χ1n) is 10.7. The molecule has 2 aromatic carbocycles. The van der Waals surface area contributed by atoms with E-state index in [9.17, 15) is 9.00 Å². The number of halogens is 1. The van der Waals surface area contributed by atoms with Gasteiger partial charge in [-0.25, -0.2) is 14.0 Å². The summed E-state index contributed by atoms with van der Waals surface area (Å²) in [4.78, 5) is 20.5. The van der Waals surface area contributed by atoms with Crippen molar-refractivity contribution >= 4 is 56.1 Å². The fourth-order valence-electron chi connectivity index (χ4n) is 3.70. The number of fused-ring (bicyclic) bond motifs is 1. The molecule has 1 heterocycles. The van der Waals surface area contributed by atoms with Crippen LogP contribution >= 0.6 is 22.9 Å². The molecule has 3 rings (SSSR count). The Balaban J connectivity index is 1.99. The third-order valence-electron chi connectivity index (χ3n) is 5.27. The molecule has 0 spiro atoms. The molecule has 170 valence electrons. The number of amides is 1. The average molecular weight is 564 g/mol. The highest BCUT2D eigenvalue weighted by Crippen LogP contribution is 2.33. The zero-order valence-corrected chi connectivity index (χ0v) is 21.6. The van der Waals surface area contributed by atoms with Crippen LogP contribution in [0.2, 0.25) is 0 Å². The third kappa shape index (κ3) is 5.78. The number of rotatable bonds is 7. The summed E-state index contributed by atoms with van der Waals surface area (Å²) in [6, 6.07) is 13.2. The Labute approximate surface area is 204 Å². The number of nitrogens with zero attached hydrogens (tertiary/aromatic N) is 2. The summed E-state index contributed by atoms with van der Waals surface area (Å²) in [5.41, 5.74) is 4.37. The molecule has 0 fully saturated rings. The molecular formula is C24H29IN4O2S. The topological polar surface area (TPSA) is 85.6 Å². The number of benzene rings is 2. The standard InChI is InChI=1S/C24H29IN4O2S/c1-4-12-29(13-5-2)24(30)20-14-19-7-6-18(15-22(19)27-23(16-20)28-25)17-8-10-21(11-9-17)32(3,26)31/h6-11,14-15,26H,4-5,12-13,16H2,1-3H3,(H,27,28). The van der Waals surface area contributed by atoms with Crippen LogP contribution in [0.15, 0.2) is 57.9 Å². The van der Waals surface area contributed by atoms with Gasteiger partial charge in [0.05, 0.1) is 38.3 Å². The van der Waals surface area contributed by atoms with E-state index < -0.39 is 9.73 Å². The zero-order valence-electron chi connectivity index (χ0n) is 18.7. The maximum absolute atomic E-state index is 13.2. The van der Waals surface area contributed by atoms with E-state index in [4.69, 9.17) is 9.77 Å². The summed E-state index contributed by atoms with van der Waals surface area (Å²) in [6.45, 7) is 5.67. The summed E-state index contributed by atoms with van der Waals surface area (Å²) in [5.74, 6) is 0.809. The van der Waals surface area contributed by atoms with Crippen LogP contribution in [0.3, 0.4) is 0 Å². The van der Waals surface area contributed by atoms with Crippen molar-refractivity contribution in [3.8, 4) is 11.1 Å². The van der Waals surface area contributed by atoms with Gasteiger partial charge in [0.25, 0.3) is 0 Å². The van der Waals surface area contributed by atoms with Crippen LogP contribution in [-0.2, 0) is 14.5 Å². The van der Waals surface area contributed by atoms with Crippen LogP contribution < -0.4 is 3.53 Å². The lowest BCUT2D eigenvalue weighted by Crippen LogP contribution is -2.34. The van der Waals surface area contributed by atoms with Crippen molar-refractivity contribution in [2.24, 2.45) is 4.99 Å².